The predicted octanol–water partition coefficient (Wildman–Crippen LogP) is 2.76. The second kappa shape index (κ2) is 7.59. The largest absolute Gasteiger partial charge is 0.492 e. The number of nitrogens with one attached hydrogen (secondary N) is 2. The summed E-state index contributed by atoms with van der Waals surface area (Å²) in [6, 6.07) is 9.76. The van der Waals surface area contributed by atoms with Crippen LogP contribution in [0.2, 0.25) is 0 Å². The van der Waals surface area contributed by atoms with Gasteiger partial charge >= 0.3 is 0 Å². The zero-order chi connectivity index (χ0) is 13.3. The lowest BCUT2D eigenvalue weighted by molar-refractivity contribution is 0.322. The van der Waals surface area contributed by atoms with Crippen molar-refractivity contribution in [1.82, 2.24) is 10.6 Å². The van der Waals surface area contributed by atoms with Gasteiger partial charge < -0.3 is 15.4 Å². The number of rotatable bonds is 5. The van der Waals surface area contributed by atoms with Gasteiger partial charge in [0.2, 0.25) is 0 Å². The molecule has 2 rings (SSSR count). The highest BCUT2D eigenvalue weighted by Gasteiger charge is 2.00. The Morgan fingerprint density at radius 2 is 2.05 bits per heavy atom. The van der Waals surface area contributed by atoms with Gasteiger partial charge in [0.05, 0.1) is 6.54 Å². The molecule has 0 saturated heterocycles. The number of hydrogen-bond donors (Lipinski definition) is 2. The van der Waals surface area contributed by atoms with E-state index >= 15 is 0 Å². The first kappa shape index (κ1) is 13.6. The van der Waals surface area contributed by atoms with Gasteiger partial charge in [-0.1, -0.05) is 30.4 Å². The van der Waals surface area contributed by atoms with E-state index < -0.39 is 0 Å². The quantitative estimate of drug-likeness (QED) is 0.639. The molecule has 0 heterocycles. The summed E-state index contributed by atoms with van der Waals surface area (Å²) in [5, 5.41) is 6.91. The van der Waals surface area contributed by atoms with E-state index in [1.54, 1.807) is 0 Å². The topological polar surface area (TPSA) is 33.3 Å². The second-order valence-corrected chi connectivity index (χ2v) is 4.59. The van der Waals surface area contributed by atoms with Gasteiger partial charge in [-0.25, -0.2) is 0 Å². The molecule has 0 saturated carbocycles. The maximum atomic E-state index is 5.57. The Bertz CT molecular complexity index is 468. The fourth-order valence-corrected chi connectivity index (χ4v) is 1.95. The van der Waals surface area contributed by atoms with Crippen molar-refractivity contribution in [3.63, 3.8) is 0 Å². The Hall–Kier alpha value is -1.81. The first-order valence-electron chi connectivity index (χ1n) is 6.44. The standard InChI is InChI=1S/C15H18N2OS/c19-15(17-13-7-3-1-4-8-13)16-11-12-18-14-9-5-2-6-10-14/h2-3,5-10H,1,4,11-12H2,(H2,16,17,19). The zero-order valence-electron chi connectivity index (χ0n) is 10.8. The van der Waals surface area contributed by atoms with E-state index in [2.05, 4.69) is 28.9 Å². The van der Waals surface area contributed by atoms with Crippen LogP contribution < -0.4 is 15.4 Å². The molecule has 0 fully saturated rings. The van der Waals surface area contributed by atoms with Gasteiger partial charge in [0, 0.05) is 5.70 Å². The van der Waals surface area contributed by atoms with Crippen LogP contribution in [-0.4, -0.2) is 18.3 Å². The molecule has 1 aromatic rings. The summed E-state index contributed by atoms with van der Waals surface area (Å²) in [7, 11) is 0. The lowest BCUT2D eigenvalue weighted by Crippen LogP contribution is -2.36. The third-order valence-electron chi connectivity index (χ3n) is 2.65. The van der Waals surface area contributed by atoms with Crippen molar-refractivity contribution >= 4 is 17.3 Å². The van der Waals surface area contributed by atoms with Gasteiger partial charge in [0.15, 0.2) is 5.11 Å². The summed E-state index contributed by atoms with van der Waals surface area (Å²) in [5.74, 6) is 0.876. The Kier molecular flexibility index (Phi) is 5.44. The maximum Gasteiger partial charge on any atom is 0.170 e. The molecule has 0 bridgehead atoms. The Balaban J connectivity index is 1.61. The molecule has 0 amide bonds. The van der Waals surface area contributed by atoms with Crippen molar-refractivity contribution in [2.45, 2.75) is 12.8 Å². The molecule has 1 aliphatic rings. The average molecular weight is 274 g/mol. The fraction of sp³-hybridized carbons (Fsp3) is 0.267. The van der Waals surface area contributed by atoms with Crippen molar-refractivity contribution in [3.8, 4) is 5.75 Å². The summed E-state index contributed by atoms with van der Waals surface area (Å²) in [6.07, 6.45) is 8.52. The molecule has 100 valence electrons. The first-order chi connectivity index (χ1) is 9.34. The normalized spacial score (nSPS) is 13.6. The molecule has 0 spiro atoms. The lowest BCUT2D eigenvalue weighted by Gasteiger charge is -2.13. The van der Waals surface area contributed by atoms with Crippen molar-refractivity contribution in [2.75, 3.05) is 13.2 Å². The molecule has 4 heteroatoms. The third kappa shape index (κ3) is 5.14. The van der Waals surface area contributed by atoms with Crippen LogP contribution in [-0.2, 0) is 0 Å². The molecule has 0 aliphatic heterocycles. The first-order valence-corrected chi connectivity index (χ1v) is 6.85. The average Bonchev–Trinajstić information content (AvgIpc) is 2.46. The number of benzene rings is 1. The summed E-state index contributed by atoms with van der Waals surface area (Å²) < 4.78 is 5.57. The number of thiocarbonyl (C=S) groups is 1. The number of hydrogen-bond acceptors (Lipinski definition) is 2. The number of para-hydroxylation sites is 1. The Morgan fingerprint density at radius 1 is 1.21 bits per heavy atom. The number of ether oxygens (including phenoxy) is 1. The third-order valence-corrected chi connectivity index (χ3v) is 2.90. The van der Waals surface area contributed by atoms with E-state index in [-0.39, 0.29) is 0 Å². The van der Waals surface area contributed by atoms with Gasteiger partial charge in [-0.15, -0.1) is 0 Å². The van der Waals surface area contributed by atoms with Crippen LogP contribution in [0.25, 0.3) is 0 Å². The highest BCUT2D eigenvalue weighted by Crippen LogP contribution is 2.07. The highest BCUT2D eigenvalue weighted by molar-refractivity contribution is 7.80. The maximum absolute atomic E-state index is 5.57. The SMILES string of the molecule is S=C(NCCOc1ccccc1)NC1=CCCC=C1. The zero-order valence-corrected chi connectivity index (χ0v) is 11.6. The van der Waals surface area contributed by atoms with Crippen LogP contribution in [0.1, 0.15) is 12.8 Å². The Labute approximate surface area is 119 Å². The molecule has 1 aliphatic carbocycles. The molecule has 0 radical (unpaired) electrons. The van der Waals surface area contributed by atoms with Gasteiger partial charge in [-0.2, -0.15) is 0 Å². The minimum Gasteiger partial charge on any atom is -0.492 e. The van der Waals surface area contributed by atoms with Crippen LogP contribution in [0, 0.1) is 0 Å². The highest BCUT2D eigenvalue weighted by atomic mass is 32.1. The van der Waals surface area contributed by atoms with E-state index in [4.69, 9.17) is 17.0 Å². The summed E-state index contributed by atoms with van der Waals surface area (Å²) >= 11 is 5.21. The second-order valence-electron chi connectivity index (χ2n) is 4.18. The molecule has 0 unspecified atom stereocenters. The molecular weight excluding hydrogens is 256 g/mol. The van der Waals surface area contributed by atoms with E-state index in [1.807, 2.05) is 30.3 Å². The van der Waals surface area contributed by atoms with E-state index in [0.29, 0.717) is 18.3 Å². The molecule has 0 aromatic heterocycles. The van der Waals surface area contributed by atoms with Crippen molar-refractivity contribution in [3.05, 3.63) is 54.3 Å². The summed E-state index contributed by atoms with van der Waals surface area (Å²) in [4.78, 5) is 0. The van der Waals surface area contributed by atoms with Gasteiger partial charge in [0.1, 0.15) is 12.4 Å². The molecule has 1 aromatic carbocycles. The van der Waals surface area contributed by atoms with Gasteiger partial charge in [-0.05, 0) is 43.3 Å². The van der Waals surface area contributed by atoms with E-state index in [1.165, 1.54) is 0 Å². The van der Waals surface area contributed by atoms with E-state index in [9.17, 15) is 0 Å². The minimum atomic E-state index is 0.584. The van der Waals surface area contributed by atoms with Gasteiger partial charge in [0.25, 0.3) is 0 Å². The Morgan fingerprint density at radius 3 is 2.79 bits per heavy atom. The van der Waals surface area contributed by atoms with Crippen molar-refractivity contribution in [2.24, 2.45) is 0 Å². The molecule has 2 N–H and O–H groups in total. The summed E-state index contributed by atoms with van der Waals surface area (Å²) in [5.41, 5.74) is 1.06. The molecule has 3 nitrogen and oxygen atoms in total. The number of allylic oxidation sites excluding steroid dienone is 3. The summed E-state index contributed by atoms with van der Waals surface area (Å²) in [6.45, 7) is 1.26. The molecule has 19 heavy (non-hydrogen) atoms. The monoisotopic (exact) mass is 274 g/mol. The smallest absolute Gasteiger partial charge is 0.170 e. The van der Waals surface area contributed by atoms with Crippen LogP contribution in [0.5, 0.6) is 5.75 Å². The van der Waals surface area contributed by atoms with Crippen LogP contribution in [0.4, 0.5) is 0 Å². The molecule has 0 atom stereocenters. The van der Waals surface area contributed by atoms with Crippen LogP contribution in [0.3, 0.4) is 0 Å². The van der Waals surface area contributed by atoms with Crippen molar-refractivity contribution in [1.29, 1.82) is 0 Å². The van der Waals surface area contributed by atoms with Crippen LogP contribution in [0.15, 0.2) is 54.3 Å². The predicted molar refractivity (Wildman–Crippen MR) is 82.1 cm³/mol. The van der Waals surface area contributed by atoms with Gasteiger partial charge in [-0.3, -0.25) is 0 Å². The minimum absolute atomic E-state index is 0.584. The van der Waals surface area contributed by atoms with Crippen molar-refractivity contribution < 1.29 is 4.74 Å². The van der Waals surface area contributed by atoms with E-state index in [0.717, 1.165) is 24.3 Å². The molecular formula is C15H18N2OS. The fourth-order valence-electron chi connectivity index (χ4n) is 1.73. The lowest BCUT2D eigenvalue weighted by atomic mass is 10.1. The van der Waals surface area contributed by atoms with Crippen LogP contribution >= 0.6 is 12.2 Å².